The van der Waals surface area contributed by atoms with Crippen molar-refractivity contribution in [1.29, 1.82) is 0 Å². The minimum Gasteiger partial charge on any atom is -0.481 e. The lowest BCUT2D eigenvalue weighted by Crippen LogP contribution is -2.43. The fourth-order valence-electron chi connectivity index (χ4n) is 1.84. The molecular formula is C10H20N2O4S. The van der Waals surface area contributed by atoms with Crippen LogP contribution in [0.15, 0.2) is 0 Å². The highest BCUT2D eigenvalue weighted by atomic mass is 32.2. The summed E-state index contributed by atoms with van der Waals surface area (Å²) in [6.45, 7) is 1.10. The monoisotopic (exact) mass is 264 g/mol. The fraction of sp³-hybridized carbons (Fsp3) is 0.900. The van der Waals surface area contributed by atoms with Gasteiger partial charge in [0.25, 0.3) is 10.2 Å². The Morgan fingerprint density at radius 3 is 2.24 bits per heavy atom. The average molecular weight is 264 g/mol. The highest BCUT2D eigenvalue weighted by molar-refractivity contribution is 7.86. The molecule has 0 amide bonds. The van der Waals surface area contributed by atoms with Gasteiger partial charge in [-0.2, -0.15) is 17.0 Å². The van der Waals surface area contributed by atoms with Gasteiger partial charge < -0.3 is 5.11 Å². The highest BCUT2D eigenvalue weighted by Crippen LogP contribution is 2.15. The van der Waals surface area contributed by atoms with Crippen LogP contribution in [0.4, 0.5) is 0 Å². The third kappa shape index (κ3) is 4.25. The van der Waals surface area contributed by atoms with Crippen LogP contribution in [0, 0.1) is 0 Å². The van der Waals surface area contributed by atoms with Gasteiger partial charge in [0.2, 0.25) is 0 Å². The molecule has 0 saturated carbocycles. The minimum absolute atomic E-state index is 0.0220. The number of carbonyl (C=O) groups is 1. The van der Waals surface area contributed by atoms with Gasteiger partial charge in [-0.3, -0.25) is 4.79 Å². The maximum absolute atomic E-state index is 12.1. The second-order valence-corrected chi connectivity index (χ2v) is 6.32. The molecule has 0 unspecified atom stereocenters. The molecule has 0 aromatic carbocycles. The zero-order valence-corrected chi connectivity index (χ0v) is 10.9. The molecule has 0 bridgehead atoms. The molecule has 1 saturated heterocycles. The Labute approximate surface area is 102 Å². The van der Waals surface area contributed by atoms with Crippen LogP contribution in [0.25, 0.3) is 0 Å². The van der Waals surface area contributed by atoms with Gasteiger partial charge in [0.05, 0.1) is 6.42 Å². The van der Waals surface area contributed by atoms with Crippen molar-refractivity contribution in [3.63, 3.8) is 0 Å². The van der Waals surface area contributed by atoms with E-state index >= 15 is 0 Å². The van der Waals surface area contributed by atoms with Gasteiger partial charge in [-0.1, -0.05) is 12.8 Å². The summed E-state index contributed by atoms with van der Waals surface area (Å²) in [5, 5.41) is 8.55. The zero-order valence-electron chi connectivity index (χ0n) is 10.1. The molecule has 0 aliphatic carbocycles. The Kier molecular flexibility index (Phi) is 5.35. The summed E-state index contributed by atoms with van der Waals surface area (Å²) >= 11 is 0. The van der Waals surface area contributed by atoms with E-state index in [1.807, 2.05) is 0 Å². The number of rotatable bonds is 5. The number of hydrogen-bond acceptors (Lipinski definition) is 3. The van der Waals surface area contributed by atoms with E-state index < -0.39 is 16.2 Å². The van der Waals surface area contributed by atoms with Crippen LogP contribution in [0.1, 0.15) is 32.1 Å². The fourth-order valence-corrected chi connectivity index (χ4v) is 3.27. The maximum Gasteiger partial charge on any atom is 0.304 e. The van der Waals surface area contributed by atoms with Crippen LogP contribution in [-0.4, -0.2) is 54.8 Å². The molecule has 0 spiro atoms. The van der Waals surface area contributed by atoms with Crippen molar-refractivity contribution >= 4 is 16.2 Å². The molecule has 0 radical (unpaired) electrons. The van der Waals surface area contributed by atoms with E-state index in [0.29, 0.717) is 13.1 Å². The molecule has 0 atom stereocenters. The lowest BCUT2D eigenvalue weighted by Gasteiger charge is -2.25. The molecule has 1 fully saturated rings. The standard InChI is InChI=1S/C10H20N2O4S/c1-11(9-6-10(13)14)17(15,16)12-7-4-2-3-5-8-12/h2-9H2,1H3,(H,13,14). The van der Waals surface area contributed by atoms with Crippen molar-refractivity contribution in [3.05, 3.63) is 0 Å². The molecule has 17 heavy (non-hydrogen) atoms. The number of aliphatic carboxylic acids is 1. The van der Waals surface area contributed by atoms with Gasteiger partial charge >= 0.3 is 5.97 Å². The summed E-state index contributed by atoms with van der Waals surface area (Å²) in [5.41, 5.74) is 0. The topological polar surface area (TPSA) is 77.9 Å². The molecule has 1 N–H and O–H groups in total. The van der Waals surface area contributed by atoms with Crippen molar-refractivity contribution in [2.75, 3.05) is 26.7 Å². The second kappa shape index (κ2) is 6.32. The van der Waals surface area contributed by atoms with Gasteiger partial charge in [-0.05, 0) is 12.8 Å². The molecule has 6 nitrogen and oxygen atoms in total. The summed E-state index contributed by atoms with van der Waals surface area (Å²) < 4.78 is 26.8. The zero-order chi connectivity index (χ0) is 12.9. The Balaban J connectivity index is 2.61. The maximum atomic E-state index is 12.1. The molecule has 1 aliphatic heterocycles. The molecule has 100 valence electrons. The van der Waals surface area contributed by atoms with Crippen molar-refractivity contribution in [2.24, 2.45) is 0 Å². The largest absolute Gasteiger partial charge is 0.481 e. The van der Waals surface area contributed by atoms with E-state index in [0.717, 1.165) is 30.0 Å². The van der Waals surface area contributed by atoms with Crippen molar-refractivity contribution in [2.45, 2.75) is 32.1 Å². The summed E-state index contributed by atoms with van der Waals surface area (Å²) in [6.07, 6.45) is 3.72. The molecule has 0 aromatic heterocycles. The lowest BCUT2D eigenvalue weighted by atomic mass is 10.2. The predicted octanol–water partition coefficient (Wildman–Crippen LogP) is 0.514. The lowest BCUT2D eigenvalue weighted by molar-refractivity contribution is -0.137. The quantitative estimate of drug-likeness (QED) is 0.785. The smallest absolute Gasteiger partial charge is 0.304 e. The first-order valence-electron chi connectivity index (χ1n) is 5.88. The SMILES string of the molecule is CN(CCC(=O)O)S(=O)(=O)N1CCCCCC1. The van der Waals surface area contributed by atoms with Crippen LogP contribution >= 0.6 is 0 Å². The predicted molar refractivity (Wildman–Crippen MR) is 63.8 cm³/mol. The Morgan fingerprint density at radius 2 is 1.76 bits per heavy atom. The van der Waals surface area contributed by atoms with E-state index in [4.69, 9.17) is 5.11 Å². The first kappa shape index (κ1) is 14.4. The van der Waals surface area contributed by atoms with Gasteiger partial charge in [-0.15, -0.1) is 0 Å². The first-order valence-corrected chi connectivity index (χ1v) is 7.27. The number of nitrogens with zero attached hydrogens (tertiary/aromatic N) is 2. The second-order valence-electron chi connectivity index (χ2n) is 4.29. The van der Waals surface area contributed by atoms with Crippen LogP contribution in [0.3, 0.4) is 0 Å². The van der Waals surface area contributed by atoms with Gasteiger partial charge in [0, 0.05) is 26.7 Å². The third-order valence-corrected chi connectivity index (χ3v) is 4.91. The molecular weight excluding hydrogens is 244 g/mol. The van der Waals surface area contributed by atoms with Crippen molar-refractivity contribution < 1.29 is 18.3 Å². The van der Waals surface area contributed by atoms with Crippen molar-refractivity contribution in [1.82, 2.24) is 8.61 Å². The average Bonchev–Trinajstić information content (AvgIpc) is 2.54. The van der Waals surface area contributed by atoms with Crippen LogP contribution in [0.5, 0.6) is 0 Å². The van der Waals surface area contributed by atoms with E-state index in [1.54, 1.807) is 0 Å². The van der Waals surface area contributed by atoms with E-state index in [1.165, 1.54) is 11.4 Å². The van der Waals surface area contributed by atoms with E-state index in [9.17, 15) is 13.2 Å². The Morgan fingerprint density at radius 1 is 1.24 bits per heavy atom. The van der Waals surface area contributed by atoms with Gasteiger partial charge in [0.15, 0.2) is 0 Å². The van der Waals surface area contributed by atoms with Crippen LogP contribution in [0.2, 0.25) is 0 Å². The number of hydrogen-bond donors (Lipinski definition) is 1. The molecule has 7 heteroatoms. The summed E-state index contributed by atoms with van der Waals surface area (Å²) in [4.78, 5) is 10.4. The van der Waals surface area contributed by atoms with E-state index in [2.05, 4.69) is 0 Å². The summed E-state index contributed by atoms with van der Waals surface area (Å²) in [6, 6.07) is 0. The van der Waals surface area contributed by atoms with Gasteiger partial charge in [-0.25, -0.2) is 0 Å². The number of carboxylic acids is 1. The van der Waals surface area contributed by atoms with Crippen LogP contribution in [-0.2, 0) is 15.0 Å². The molecule has 1 aliphatic rings. The minimum atomic E-state index is -3.48. The molecule has 1 heterocycles. The summed E-state index contributed by atoms with van der Waals surface area (Å²) in [5.74, 6) is -0.983. The Hall–Kier alpha value is -0.660. The Bertz CT molecular complexity index is 347. The molecule has 0 aromatic rings. The third-order valence-electron chi connectivity index (χ3n) is 2.93. The highest BCUT2D eigenvalue weighted by Gasteiger charge is 2.27. The molecule has 1 rings (SSSR count). The van der Waals surface area contributed by atoms with Gasteiger partial charge in [0.1, 0.15) is 0 Å². The summed E-state index contributed by atoms with van der Waals surface area (Å²) in [7, 11) is -2.04. The first-order chi connectivity index (χ1) is 7.94. The number of carboxylic acid groups (broad SMARTS) is 1. The van der Waals surface area contributed by atoms with Crippen LogP contribution < -0.4 is 0 Å². The van der Waals surface area contributed by atoms with E-state index in [-0.39, 0.29) is 13.0 Å². The normalized spacial score (nSPS) is 19.2. The van der Waals surface area contributed by atoms with Crippen molar-refractivity contribution in [3.8, 4) is 0 Å².